The molecule has 0 saturated carbocycles. The van der Waals surface area contributed by atoms with Crippen molar-refractivity contribution in [3.05, 3.63) is 22.5 Å². The molecule has 0 aliphatic heterocycles. The Morgan fingerprint density at radius 1 is 1.23 bits per heavy atom. The number of Topliss-reactive ketones (excluding diaryl/α,β-unsaturated/α-hetero) is 1. The third-order valence-electron chi connectivity index (χ3n) is 4.38. The van der Waals surface area contributed by atoms with Gasteiger partial charge >= 0.3 is 0 Å². The summed E-state index contributed by atoms with van der Waals surface area (Å²) < 4.78 is 0. The lowest BCUT2D eigenvalue weighted by Gasteiger charge is -2.26. The summed E-state index contributed by atoms with van der Waals surface area (Å²) in [5, 5.41) is 2.91. The van der Waals surface area contributed by atoms with Gasteiger partial charge in [0.05, 0.1) is 0 Å². The fourth-order valence-electron chi connectivity index (χ4n) is 2.69. The Morgan fingerprint density at radius 3 is 2.27 bits per heavy atom. The molecule has 5 heteroatoms. The van der Waals surface area contributed by atoms with Gasteiger partial charge in [0.25, 0.3) is 5.91 Å². The molecule has 5 nitrogen and oxygen atoms in total. The zero-order valence-electron chi connectivity index (χ0n) is 14.4. The van der Waals surface area contributed by atoms with Gasteiger partial charge in [-0.2, -0.15) is 0 Å². The average molecular weight is 307 g/mol. The molecule has 0 spiro atoms. The Kier molecular flexibility index (Phi) is 6.35. The predicted octanol–water partition coefficient (Wildman–Crippen LogP) is 2.73. The lowest BCUT2D eigenvalue weighted by Crippen LogP contribution is -2.49. The first-order valence-corrected chi connectivity index (χ1v) is 8.09. The lowest BCUT2D eigenvalue weighted by molar-refractivity contribution is 0.0936. The first kappa shape index (κ1) is 18.4. The Hall–Kier alpha value is -1.62. The molecule has 0 fully saturated rings. The summed E-state index contributed by atoms with van der Waals surface area (Å²) in [5.74, 6) is -0.192. The number of H-pyrrole nitrogens is 1. The predicted molar refractivity (Wildman–Crippen MR) is 89.4 cm³/mol. The van der Waals surface area contributed by atoms with Gasteiger partial charge in [0, 0.05) is 23.3 Å². The number of nitrogens with two attached hydrogens (primary N) is 1. The number of aromatic nitrogens is 1. The third-order valence-corrected chi connectivity index (χ3v) is 4.38. The summed E-state index contributed by atoms with van der Waals surface area (Å²) in [5.41, 5.74) is 8.57. The molecule has 0 radical (unpaired) electrons. The van der Waals surface area contributed by atoms with Crippen LogP contribution in [0.25, 0.3) is 0 Å². The molecule has 0 saturated heterocycles. The van der Waals surface area contributed by atoms with E-state index in [9.17, 15) is 9.59 Å². The van der Waals surface area contributed by atoms with Crippen LogP contribution in [0.4, 0.5) is 0 Å². The van der Waals surface area contributed by atoms with Gasteiger partial charge < -0.3 is 16.0 Å². The van der Waals surface area contributed by atoms with Crippen LogP contribution in [0.15, 0.2) is 0 Å². The third kappa shape index (κ3) is 3.97. The van der Waals surface area contributed by atoms with Crippen molar-refractivity contribution in [1.29, 1.82) is 0 Å². The molecule has 1 heterocycles. The second kappa shape index (κ2) is 7.58. The van der Waals surface area contributed by atoms with Crippen LogP contribution in [0, 0.1) is 6.92 Å². The summed E-state index contributed by atoms with van der Waals surface area (Å²) in [6.07, 6.45) is 3.18. The van der Waals surface area contributed by atoms with Gasteiger partial charge in [0.1, 0.15) is 5.69 Å². The quantitative estimate of drug-likeness (QED) is 0.645. The van der Waals surface area contributed by atoms with Crippen LogP contribution in [0.2, 0.25) is 0 Å². The normalized spacial score (nSPS) is 11.5. The van der Waals surface area contributed by atoms with Crippen LogP contribution >= 0.6 is 0 Å². The number of carbonyl (C=O) groups excluding carboxylic acids is 2. The second-order valence-corrected chi connectivity index (χ2v) is 6.04. The van der Waals surface area contributed by atoms with Crippen molar-refractivity contribution in [1.82, 2.24) is 10.3 Å². The van der Waals surface area contributed by atoms with Gasteiger partial charge in [-0.1, -0.05) is 27.2 Å². The summed E-state index contributed by atoms with van der Waals surface area (Å²) >= 11 is 0. The van der Waals surface area contributed by atoms with Crippen LogP contribution in [0.3, 0.4) is 0 Å². The number of amides is 1. The van der Waals surface area contributed by atoms with Gasteiger partial charge in [-0.3, -0.25) is 9.59 Å². The minimum absolute atomic E-state index is 0.00784. The summed E-state index contributed by atoms with van der Waals surface area (Å²) in [6, 6.07) is 0. The minimum atomic E-state index is -0.383. The zero-order chi connectivity index (χ0) is 16.9. The Labute approximate surface area is 133 Å². The average Bonchev–Trinajstić information content (AvgIpc) is 2.81. The molecule has 0 aliphatic carbocycles. The van der Waals surface area contributed by atoms with E-state index in [1.165, 1.54) is 6.92 Å². The Balaban J connectivity index is 3.03. The molecule has 1 amide bonds. The fraction of sp³-hybridized carbons (Fsp3) is 0.647. The van der Waals surface area contributed by atoms with Gasteiger partial charge in [-0.15, -0.1) is 0 Å². The van der Waals surface area contributed by atoms with Crippen molar-refractivity contribution in [2.45, 2.75) is 65.8 Å². The highest BCUT2D eigenvalue weighted by molar-refractivity contribution is 6.02. The molecule has 1 aromatic rings. The largest absolute Gasteiger partial charge is 0.354 e. The van der Waals surface area contributed by atoms with Gasteiger partial charge in [0.2, 0.25) is 0 Å². The van der Waals surface area contributed by atoms with Crippen molar-refractivity contribution in [3.8, 4) is 0 Å². The highest BCUT2D eigenvalue weighted by Gasteiger charge is 2.25. The zero-order valence-corrected chi connectivity index (χ0v) is 14.4. The van der Waals surface area contributed by atoms with Crippen LogP contribution in [-0.4, -0.2) is 28.8 Å². The number of ketones is 1. The van der Waals surface area contributed by atoms with Gasteiger partial charge in [-0.05, 0) is 38.7 Å². The molecule has 124 valence electrons. The molecule has 4 N–H and O–H groups in total. The molecular formula is C17H29N3O2. The van der Waals surface area contributed by atoms with Crippen molar-refractivity contribution in [2.75, 3.05) is 6.54 Å². The molecule has 22 heavy (non-hydrogen) atoms. The number of rotatable bonds is 8. The Bertz CT molecular complexity index is 542. The standard InChI is InChI=1S/C17H29N3O2/c1-6-9-13-14(12(5)21)11(4)20-15(13)16(22)19-10-17(18,7-2)8-3/h20H,6-10,18H2,1-5H3,(H,19,22). The van der Waals surface area contributed by atoms with E-state index >= 15 is 0 Å². The maximum atomic E-state index is 12.5. The number of aryl methyl sites for hydroxylation is 1. The lowest BCUT2D eigenvalue weighted by atomic mass is 9.94. The monoisotopic (exact) mass is 307 g/mol. The maximum Gasteiger partial charge on any atom is 0.268 e. The van der Waals surface area contributed by atoms with E-state index in [0.717, 1.165) is 30.5 Å². The van der Waals surface area contributed by atoms with Crippen molar-refractivity contribution < 1.29 is 9.59 Å². The van der Waals surface area contributed by atoms with Crippen LogP contribution in [-0.2, 0) is 6.42 Å². The summed E-state index contributed by atoms with van der Waals surface area (Å²) in [4.78, 5) is 27.4. The number of nitrogens with one attached hydrogen (secondary N) is 2. The van der Waals surface area contributed by atoms with E-state index in [2.05, 4.69) is 10.3 Å². The van der Waals surface area contributed by atoms with E-state index in [4.69, 9.17) is 5.73 Å². The van der Waals surface area contributed by atoms with E-state index in [-0.39, 0.29) is 17.2 Å². The number of hydrogen-bond donors (Lipinski definition) is 3. The maximum absolute atomic E-state index is 12.5. The number of hydrogen-bond acceptors (Lipinski definition) is 3. The second-order valence-electron chi connectivity index (χ2n) is 6.04. The molecule has 1 rings (SSSR count). The number of carbonyl (C=O) groups is 2. The number of aromatic amines is 1. The minimum Gasteiger partial charge on any atom is -0.354 e. The van der Waals surface area contributed by atoms with Crippen molar-refractivity contribution in [2.24, 2.45) is 5.73 Å². The van der Waals surface area contributed by atoms with Crippen LogP contribution < -0.4 is 11.1 Å². The highest BCUT2D eigenvalue weighted by Crippen LogP contribution is 2.21. The Morgan fingerprint density at radius 2 is 1.82 bits per heavy atom. The van der Waals surface area contributed by atoms with Crippen molar-refractivity contribution >= 4 is 11.7 Å². The van der Waals surface area contributed by atoms with Gasteiger partial charge in [0.15, 0.2) is 5.78 Å². The summed E-state index contributed by atoms with van der Waals surface area (Å²) in [6.45, 7) is 9.87. The van der Waals surface area contributed by atoms with Crippen LogP contribution in [0.5, 0.6) is 0 Å². The SMILES string of the molecule is CCCc1c(C(=O)NCC(N)(CC)CC)[nH]c(C)c1C(C)=O. The van der Waals surface area contributed by atoms with Gasteiger partial charge in [-0.25, -0.2) is 0 Å². The molecule has 0 aliphatic rings. The first-order valence-electron chi connectivity index (χ1n) is 8.09. The van der Waals surface area contributed by atoms with Crippen LogP contribution in [0.1, 0.15) is 79.1 Å². The smallest absolute Gasteiger partial charge is 0.268 e. The molecule has 0 unspecified atom stereocenters. The molecule has 0 bridgehead atoms. The van der Waals surface area contributed by atoms with E-state index in [1.807, 2.05) is 27.7 Å². The van der Waals surface area contributed by atoms with Crippen molar-refractivity contribution in [3.63, 3.8) is 0 Å². The summed E-state index contributed by atoms with van der Waals surface area (Å²) in [7, 11) is 0. The molecular weight excluding hydrogens is 278 g/mol. The molecule has 1 aromatic heterocycles. The molecule has 0 atom stereocenters. The van der Waals surface area contributed by atoms with E-state index in [0.29, 0.717) is 24.2 Å². The fourth-order valence-corrected chi connectivity index (χ4v) is 2.69. The highest BCUT2D eigenvalue weighted by atomic mass is 16.2. The first-order chi connectivity index (χ1) is 10.3. The topological polar surface area (TPSA) is 88.0 Å². The van der Waals surface area contributed by atoms with E-state index < -0.39 is 0 Å². The van der Waals surface area contributed by atoms with E-state index in [1.54, 1.807) is 0 Å². The molecule has 0 aromatic carbocycles.